The van der Waals surface area contributed by atoms with Crippen molar-refractivity contribution in [2.45, 2.75) is 43.4 Å². The van der Waals surface area contributed by atoms with Gasteiger partial charge >= 0.3 is 0 Å². The Labute approximate surface area is 115 Å². The van der Waals surface area contributed by atoms with Crippen LogP contribution in [0.15, 0.2) is 29.2 Å². The zero-order valence-electron chi connectivity index (χ0n) is 11.0. The Kier molecular flexibility index (Phi) is 5.63. The van der Waals surface area contributed by atoms with Crippen molar-refractivity contribution >= 4 is 21.6 Å². The van der Waals surface area contributed by atoms with Crippen molar-refractivity contribution in [3.8, 4) is 0 Å². The van der Waals surface area contributed by atoms with Gasteiger partial charge in [-0.3, -0.25) is 0 Å². The van der Waals surface area contributed by atoms with Crippen LogP contribution >= 0.6 is 11.6 Å². The number of halogens is 1. The van der Waals surface area contributed by atoms with E-state index in [0.717, 1.165) is 12.0 Å². The molecule has 0 aliphatic carbocycles. The molecule has 18 heavy (non-hydrogen) atoms. The van der Waals surface area contributed by atoms with Gasteiger partial charge in [-0.25, -0.2) is 13.1 Å². The van der Waals surface area contributed by atoms with E-state index >= 15 is 0 Å². The number of hydrogen-bond donors (Lipinski definition) is 1. The van der Waals surface area contributed by atoms with Crippen LogP contribution in [0, 0.1) is 0 Å². The highest BCUT2D eigenvalue weighted by molar-refractivity contribution is 7.89. The fourth-order valence-corrected chi connectivity index (χ4v) is 3.73. The molecule has 1 aromatic rings. The second kappa shape index (κ2) is 6.55. The minimum atomic E-state index is -3.44. The van der Waals surface area contributed by atoms with Crippen molar-refractivity contribution in [2.24, 2.45) is 0 Å². The Morgan fingerprint density at radius 1 is 1.28 bits per heavy atom. The first-order chi connectivity index (χ1) is 8.44. The van der Waals surface area contributed by atoms with Gasteiger partial charge in [0, 0.05) is 17.8 Å². The van der Waals surface area contributed by atoms with E-state index in [-0.39, 0.29) is 11.3 Å². The molecule has 0 spiro atoms. The van der Waals surface area contributed by atoms with E-state index in [1.54, 1.807) is 19.1 Å². The standard InChI is InChI=1S/C13H20ClNO2S/c1-4-11(10(3)14)12-8-6-7-9-13(12)18(16,17)15-5-2/h6-11,15H,4-5H2,1-3H3. The number of sulfonamides is 1. The van der Waals surface area contributed by atoms with Crippen molar-refractivity contribution in [3.05, 3.63) is 29.8 Å². The van der Waals surface area contributed by atoms with Crippen LogP contribution in [0.3, 0.4) is 0 Å². The molecule has 1 N–H and O–H groups in total. The van der Waals surface area contributed by atoms with Gasteiger partial charge in [0.05, 0.1) is 4.90 Å². The number of hydrogen-bond acceptors (Lipinski definition) is 2. The van der Waals surface area contributed by atoms with Gasteiger partial charge in [-0.05, 0) is 25.0 Å². The molecule has 0 bridgehead atoms. The lowest BCUT2D eigenvalue weighted by molar-refractivity contribution is 0.576. The van der Waals surface area contributed by atoms with E-state index < -0.39 is 10.0 Å². The van der Waals surface area contributed by atoms with Gasteiger partial charge in [-0.15, -0.1) is 11.6 Å². The van der Waals surface area contributed by atoms with Gasteiger partial charge in [0.1, 0.15) is 0 Å². The highest BCUT2D eigenvalue weighted by atomic mass is 35.5. The molecule has 1 rings (SSSR count). The van der Waals surface area contributed by atoms with Crippen LogP contribution in [0.25, 0.3) is 0 Å². The fraction of sp³-hybridized carbons (Fsp3) is 0.538. The molecular formula is C13H20ClNO2S. The molecule has 0 saturated carbocycles. The molecule has 2 atom stereocenters. The van der Waals surface area contributed by atoms with Gasteiger partial charge in [0.2, 0.25) is 10.0 Å². The largest absolute Gasteiger partial charge is 0.240 e. The quantitative estimate of drug-likeness (QED) is 0.818. The highest BCUT2D eigenvalue weighted by Crippen LogP contribution is 2.31. The predicted molar refractivity (Wildman–Crippen MR) is 75.7 cm³/mol. The molecular weight excluding hydrogens is 270 g/mol. The number of nitrogens with one attached hydrogen (secondary N) is 1. The third-order valence-electron chi connectivity index (χ3n) is 2.94. The van der Waals surface area contributed by atoms with Crippen molar-refractivity contribution in [2.75, 3.05) is 6.54 Å². The van der Waals surface area contributed by atoms with E-state index in [1.807, 2.05) is 26.0 Å². The van der Waals surface area contributed by atoms with E-state index in [9.17, 15) is 8.42 Å². The summed E-state index contributed by atoms with van der Waals surface area (Å²) in [5, 5.41) is -0.104. The lowest BCUT2D eigenvalue weighted by Crippen LogP contribution is -2.25. The Morgan fingerprint density at radius 3 is 2.39 bits per heavy atom. The summed E-state index contributed by atoms with van der Waals surface area (Å²) in [6.45, 7) is 6.05. The van der Waals surface area contributed by atoms with E-state index in [2.05, 4.69) is 4.72 Å². The summed E-state index contributed by atoms with van der Waals surface area (Å²) in [4.78, 5) is 0.339. The van der Waals surface area contributed by atoms with Crippen LogP contribution in [0.2, 0.25) is 0 Å². The molecule has 102 valence electrons. The summed E-state index contributed by atoms with van der Waals surface area (Å²) in [6.07, 6.45) is 0.809. The van der Waals surface area contributed by atoms with Crippen LogP contribution in [0.4, 0.5) is 0 Å². The summed E-state index contributed by atoms with van der Waals surface area (Å²) in [5.74, 6) is 0.0382. The molecule has 0 amide bonds. The van der Waals surface area contributed by atoms with Gasteiger partial charge in [0.15, 0.2) is 0 Å². The normalized spacial score (nSPS) is 15.3. The van der Waals surface area contributed by atoms with Gasteiger partial charge in [0.25, 0.3) is 0 Å². The summed E-state index contributed by atoms with van der Waals surface area (Å²) in [7, 11) is -3.44. The van der Waals surface area contributed by atoms with Crippen molar-refractivity contribution in [3.63, 3.8) is 0 Å². The summed E-state index contributed by atoms with van der Waals surface area (Å²) >= 11 is 6.16. The Morgan fingerprint density at radius 2 is 1.89 bits per heavy atom. The second-order valence-corrected chi connectivity index (χ2v) is 6.66. The molecule has 0 heterocycles. The minimum Gasteiger partial charge on any atom is -0.211 e. The smallest absolute Gasteiger partial charge is 0.211 e. The van der Waals surface area contributed by atoms with Crippen LogP contribution < -0.4 is 4.72 Å². The maximum atomic E-state index is 12.1. The molecule has 0 aliphatic rings. The maximum Gasteiger partial charge on any atom is 0.240 e. The van der Waals surface area contributed by atoms with E-state index in [1.165, 1.54) is 0 Å². The Bertz CT molecular complexity index is 486. The Hall–Kier alpha value is -0.580. The molecule has 1 aromatic carbocycles. The monoisotopic (exact) mass is 289 g/mol. The predicted octanol–water partition coefficient (Wildman–Crippen LogP) is 3.11. The lowest BCUT2D eigenvalue weighted by atomic mass is 9.94. The van der Waals surface area contributed by atoms with E-state index in [0.29, 0.717) is 11.4 Å². The molecule has 3 nitrogen and oxygen atoms in total. The van der Waals surface area contributed by atoms with Gasteiger partial charge in [-0.1, -0.05) is 32.0 Å². The molecule has 0 aromatic heterocycles. The van der Waals surface area contributed by atoms with Crippen LogP contribution in [-0.2, 0) is 10.0 Å². The van der Waals surface area contributed by atoms with Crippen LogP contribution in [0.5, 0.6) is 0 Å². The molecule has 5 heteroatoms. The number of alkyl halides is 1. The summed E-state index contributed by atoms with van der Waals surface area (Å²) in [5.41, 5.74) is 0.795. The van der Waals surface area contributed by atoms with Crippen molar-refractivity contribution < 1.29 is 8.42 Å². The average molecular weight is 290 g/mol. The molecule has 0 radical (unpaired) electrons. The molecule has 2 unspecified atom stereocenters. The average Bonchev–Trinajstić information content (AvgIpc) is 2.30. The van der Waals surface area contributed by atoms with Crippen LogP contribution in [-0.4, -0.2) is 20.3 Å². The number of rotatable bonds is 6. The zero-order valence-corrected chi connectivity index (χ0v) is 12.6. The first-order valence-electron chi connectivity index (χ1n) is 6.16. The zero-order chi connectivity index (χ0) is 13.8. The van der Waals surface area contributed by atoms with Crippen molar-refractivity contribution in [1.82, 2.24) is 4.72 Å². The lowest BCUT2D eigenvalue weighted by Gasteiger charge is -2.21. The molecule has 0 saturated heterocycles. The first-order valence-corrected chi connectivity index (χ1v) is 8.08. The van der Waals surface area contributed by atoms with Gasteiger partial charge < -0.3 is 0 Å². The summed E-state index contributed by atoms with van der Waals surface area (Å²) < 4.78 is 26.8. The van der Waals surface area contributed by atoms with Crippen molar-refractivity contribution in [1.29, 1.82) is 0 Å². The topological polar surface area (TPSA) is 46.2 Å². The maximum absolute atomic E-state index is 12.1. The van der Waals surface area contributed by atoms with Crippen LogP contribution in [0.1, 0.15) is 38.7 Å². The molecule has 0 fully saturated rings. The third kappa shape index (κ3) is 3.46. The SMILES string of the molecule is CCNS(=O)(=O)c1ccccc1C(CC)C(C)Cl. The Balaban J connectivity index is 3.30. The molecule has 0 aliphatic heterocycles. The summed E-state index contributed by atoms with van der Waals surface area (Å²) in [6, 6.07) is 7.06. The van der Waals surface area contributed by atoms with E-state index in [4.69, 9.17) is 11.6 Å². The minimum absolute atomic E-state index is 0.0382. The highest BCUT2D eigenvalue weighted by Gasteiger charge is 2.24. The fourth-order valence-electron chi connectivity index (χ4n) is 2.09. The second-order valence-electron chi connectivity index (χ2n) is 4.23. The first kappa shape index (κ1) is 15.5. The third-order valence-corrected chi connectivity index (χ3v) is 4.86. The van der Waals surface area contributed by atoms with Gasteiger partial charge in [-0.2, -0.15) is 0 Å². The number of benzene rings is 1.